The standard InChI is InChI=1S/C19H17N5O/c1-12(2)13-6-8-14(9-7-13)16-11-17(23-22-16)19-21-18(24-25-19)15-5-3-4-10-20-15/h3-12H,1-2H3,(H,22,23). The van der Waals surface area contributed by atoms with Crippen LogP contribution in [-0.4, -0.2) is 25.3 Å². The molecule has 124 valence electrons. The Bertz CT molecular complexity index is 970. The van der Waals surface area contributed by atoms with E-state index < -0.39 is 0 Å². The molecule has 0 aliphatic rings. The van der Waals surface area contributed by atoms with Crippen LogP contribution >= 0.6 is 0 Å². The molecule has 1 aromatic carbocycles. The predicted octanol–water partition coefficient (Wildman–Crippen LogP) is 4.31. The van der Waals surface area contributed by atoms with E-state index in [1.807, 2.05) is 24.3 Å². The van der Waals surface area contributed by atoms with Crippen molar-refractivity contribution in [2.75, 3.05) is 0 Å². The molecule has 6 heteroatoms. The number of aromatic amines is 1. The molecule has 25 heavy (non-hydrogen) atoms. The number of H-pyrrole nitrogens is 1. The summed E-state index contributed by atoms with van der Waals surface area (Å²) in [5.74, 6) is 1.35. The Morgan fingerprint density at radius 1 is 1.00 bits per heavy atom. The summed E-state index contributed by atoms with van der Waals surface area (Å²) in [6.45, 7) is 4.35. The summed E-state index contributed by atoms with van der Waals surface area (Å²) in [4.78, 5) is 8.60. The summed E-state index contributed by atoms with van der Waals surface area (Å²) in [6.07, 6.45) is 1.69. The molecule has 4 rings (SSSR count). The van der Waals surface area contributed by atoms with E-state index in [4.69, 9.17) is 4.52 Å². The van der Waals surface area contributed by atoms with Gasteiger partial charge < -0.3 is 4.52 Å². The van der Waals surface area contributed by atoms with Crippen molar-refractivity contribution < 1.29 is 4.52 Å². The summed E-state index contributed by atoms with van der Waals surface area (Å²) in [5, 5.41) is 11.3. The number of hydrogen-bond donors (Lipinski definition) is 1. The van der Waals surface area contributed by atoms with E-state index in [1.165, 1.54) is 5.56 Å². The van der Waals surface area contributed by atoms with Crippen molar-refractivity contribution >= 4 is 0 Å². The fraction of sp³-hybridized carbons (Fsp3) is 0.158. The van der Waals surface area contributed by atoms with Gasteiger partial charge in [0, 0.05) is 11.8 Å². The minimum atomic E-state index is 0.387. The number of nitrogens with one attached hydrogen (secondary N) is 1. The third kappa shape index (κ3) is 3.06. The van der Waals surface area contributed by atoms with Crippen LogP contribution in [0.1, 0.15) is 25.3 Å². The summed E-state index contributed by atoms with van der Waals surface area (Å²) >= 11 is 0. The van der Waals surface area contributed by atoms with Crippen molar-refractivity contribution in [1.29, 1.82) is 0 Å². The zero-order chi connectivity index (χ0) is 17.2. The number of aromatic nitrogens is 5. The lowest BCUT2D eigenvalue weighted by atomic mass is 10.0. The fourth-order valence-corrected chi connectivity index (χ4v) is 2.55. The van der Waals surface area contributed by atoms with Gasteiger partial charge in [0.25, 0.3) is 5.89 Å². The fourth-order valence-electron chi connectivity index (χ4n) is 2.55. The number of hydrogen-bond acceptors (Lipinski definition) is 5. The molecular weight excluding hydrogens is 314 g/mol. The van der Waals surface area contributed by atoms with Crippen molar-refractivity contribution in [3.8, 4) is 34.4 Å². The molecule has 0 unspecified atom stereocenters. The Balaban J connectivity index is 1.60. The molecule has 0 saturated heterocycles. The molecule has 4 aromatic rings. The highest BCUT2D eigenvalue weighted by Gasteiger charge is 2.14. The highest BCUT2D eigenvalue weighted by atomic mass is 16.5. The number of pyridine rings is 1. The zero-order valence-corrected chi connectivity index (χ0v) is 14.0. The Morgan fingerprint density at radius 2 is 1.84 bits per heavy atom. The van der Waals surface area contributed by atoms with Crippen LogP contribution in [0.25, 0.3) is 34.4 Å². The summed E-state index contributed by atoms with van der Waals surface area (Å²) in [6, 6.07) is 15.9. The largest absolute Gasteiger partial charge is 0.332 e. The first kappa shape index (κ1) is 15.3. The van der Waals surface area contributed by atoms with Crippen LogP contribution in [0.4, 0.5) is 0 Å². The van der Waals surface area contributed by atoms with Crippen molar-refractivity contribution in [3.63, 3.8) is 0 Å². The quantitative estimate of drug-likeness (QED) is 0.602. The van der Waals surface area contributed by atoms with Crippen LogP contribution in [0.3, 0.4) is 0 Å². The topological polar surface area (TPSA) is 80.5 Å². The first-order chi connectivity index (χ1) is 12.2. The molecule has 0 aliphatic heterocycles. The van der Waals surface area contributed by atoms with Crippen LogP contribution in [0.15, 0.2) is 59.3 Å². The molecule has 0 bridgehead atoms. The summed E-state index contributed by atoms with van der Waals surface area (Å²) in [7, 11) is 0. The van der Waals surface area contributed by atoms with Gasteiger partial charge in [-0.2, -0.15) is 10.1 Å². The molecule has 3 aromatic heterocycles. The van der Waals surface area contributed by atoms with Gasteiger partial charge in [0.05, 0.1) is 5.69 Å². The molecule has 0 saturated carbocycles. The summed E-state index contributed by atoms with van der Waals surface area (Å²) < 4.78 is 5.33. The third-order valence-corrected chi connectivity index (χ3v) is 4.00. The van der Waals surface area contributed by atoms with Gasteiger partial charge >= 0.3 is 0 Å². The van der Waals surface area contributed by atoms with Crippen LogP contribution in [-0.2, 0) is 0 Å². The molecule has 0 aliphatic carbocycles. The lowest BCUT2D eigenvalue weighted by Gasteiger charge is -2.05. The van der Waals surface area contributed by atoms with Crippen LogP contribution in [0.2, 0.25) is 0 Å². The van der Waals surface area contributed by atoms with Gasteiger partial charge in [0.1, 0.15) is 11.4 Å². The van der Waals surface area contributed by atoms with Gasteiger partial charge in [-0.25, -0.2) is 0 Å². The maximum absolute atomic E-state index is 5.33. The predicted molar refractivity (Wildman–Crippen MR) is 94.6 cm³/mol. The number of benzene rings is 1. The minimum Gasteiger partial charge on any atom is -0.332 e. The second-order valence-electron chi connectivity index (χ2n) is 6.08. The smallest absolute Gasteiger partial charge is 0.276 e. The van der Waals surface area contributed by atoms with E-state index in [-0.39, 0.29) is 0 Å². The molecule has 1 N–H and O–H groups in total. The van der Waals surface area contributed by atoms with Crippen LogP contribution in [0, 0.1) is 0 Å². The van der Waals surface area contributed by atoms with Gasteiger partial charge in [-0.3, -0.25) is 10.1 Å². The first-order valence-corrected chi connectivity index (χ1v) is 8.12. The zero-order valence-electron chi connectivity index (χ0n) is 14.0. The first-order valence-electron chi connectivity index (χ1n) is 8.12. The van der Waals surface area contributed by atoms with Crippen molar-refractivity contribution in [3.05, 3.63) is 60.3 Å². The van der Waals surface area contributed by atoms with E-state index in [2.05, 4.69) is 63.4 Å². The van der Waals surface area contributed by atoms with E-state index >= 15 is 0 Å². The molecule has 0 fully saturated rings. The molecule has 6 nitrogen and oxygen atoms in total. The van der Waals surface area contributed by atoms with E-state index in [0.29, 0.717) is 29.0 Å². The Kier molecular flexibility index (Phi) is 3.85. The van der Waals surface area contributed by atoms with Crippen molar-refractivity contribution in [2.24, 2.45) is 0 Å². The normalized spacial score (nSPS) is 11.2. The maximum Gasteiger partial charge on any atom is 0.276 e. The average Bonchev–Trinajstić information content (AvgIpc) is 3.32. The molecular formula is C19H17N5O. The molecule has 3 heterocycles. The van der Waals surface area contributed by atoms with E-state index in [9.17, 15) is 0 Å². The van der Waals surface area contributed by atoms with Crippen molar-refractivity contribution in [1.82, 2.24) is 25.3 Å². The lowest BCUT2D eigenvalue weighted by Crippen LogP contribution is -1.86. The second kappa shape index (κ2) is 6.32. The van der Waals surface area contributed by atoms with Crippen LogP contribution < -0.4 is 0 Å². The average molecular weight is 331 g/mol. The van der Waals surface area contributed by atoms with Crippen molar-refractivity contribution in [2.45, 2.75) is 19.8 Å². The number of nitrogens with zero attached hydrogens (tertiary/aromatic N) is 4. The van der Waals surface area contributed by atoms with Gasteiger partial charge in [-0.15, -0.1) is 0 Å². The summed E-state index contributed by atoms with van der Waals surface area (Å²) in [5.41, 5.74) is 4.52. The minimum absolute atomic E-state index is 0.387. The SMILES string of the molecule is CC(C)c1ccc(-c2cc(-c3nc(-c4ccccn4)no3)[nH]n2)cc1. The van der Waals surface area contributed by atoms with Gasteiger partial charge in [0.15, 0.2) is 0 Å². The Labute approximate surface area is 144 Å². The van der Waals surface area contributed by atoms with Gasteiger partial charge in [0.2, 0.25) is 5.82 Å². The van der Waals surface area contributed by atoms with Gasteiger partial charge in [-0.05, 0) is 29.7 Å². The molecule has 0 spiro atoms. The van der Waals surface area contributed by atoms with Crippen LogP contribution in [0.5, 0.6) is 0 Å². The monoisotopic (exact) mass is 331 g/mol. The molecule has 0 amide bonds. The Morgan fingerprint density at radius 3 is 2.56 bits per heavy atom. The van der Waals surface area contributed by atoms with E-state index in [1.54, 1.807) is 6.20 Å². The molecule has 0 radical (unpaired) electrons. The molecule has 0 atom stereocenters. The highest BCUT2D eigenvalue weighted by molar-refractivity contribution is 5.65. The lowest BCUT2D eigenvalue weighted by molar-refractivity contribution is 0.430. The van der Waals surface area contributed by atoms with Gasteiger partial charge in [-0.1, -0.05) is 49.3 Å². The second-order valence-corrected chi connectivity index (χ2v) is 6.08. The highest BCUT2D eigenvalue weighted by Crippen LogP contribution is 2.25. The Hall–Kier alpha value is -3.28. The van der Waals surface area contributed by atoms with E-state index in [0.717, 1.165) is 11.3 Å². The number of rotatable bonds is 4. The maximum atomic E-state index is 5.33. The third-order valence-electron chi connectivity index (χ3n) is 4.00.